The van der Waals surface area contributed by atoms with E-state index in [1.807, 2.05) is 24.3 Å². The Morgan fingerprint density at radius 2 is 2.20 bits per heavy atom. The van der Waals surface area contributed by atoms with E-state index in [9.17, 15) is 4.79 Å². The van der Waals surface area contributed by atoms with Gasteiger partial charge < -0.3 is 10.1 Å². The van der Waals surface area contributed by atoms with Crippen LogP contribution in [0.25, 0.3) is 0 Å². The van der Waals surface area contributed by atoms with E-state index in [4.69, 9.17) is 16.3 Å². The van der Waals surface area contributed by atoms with E-state index in [0.29, 0.717) is 24.5 Å². The molecule has 1 heterocycles. The van der Waals surface area contributed by atoms with E-state index in [1.165, 1.54) is 0 Å². The SMILES string of the molecule is COCc1cccc(Nc2nc(C)nc(Cl)c2C=O)c1. The van der Waals surface area contributed by atoms with Crippen LogP contribution in [-0.4, -0.2) is 23.4 Å². The van der Waals surface area contributed by atoms with Crippen LogP contribution in [0.5, 0.6) is 0 Å². The predicted molar refractivity (Wildman–Crippen MR) is 77.6 cm³/mol. The highest BCUT2D eigenvalue weighted by Gasteiger charge is 2.11. The van der Waals surface area contributed by atoms with Gasteiger partial charge in [0.15, 0.2) is 6.29 Å². The average Bonchev–Trinajstić information content (AvgIpc) is 2.39. The number of methoxy groups -OCH3 is 1. The van der Waals surface area contributed by atoms with Crippen LogP contribution in [-0.2, 0) is 11.3 Å². The third kappa shape index (κ3) is 3.31. The number of nitrogens with one attached hydrogen (secondary N) is 1. The van der Waals surface area contributed by atoms with E-state index in [2.05, 4.69) is 15.3 Å². The zero-order valence-electron chi connectivity index (χ0n) is 11.2. The van der Waals surface area contributed by atoms with Gasteiger partial charge in [-0.3, -0.25) is 4.79 Å². The lowest BCUT2D eigenvalue weighted by Crippen LogP contribution is -2.03. The molecule has 1 aromatic carbocycles. The van der Waals surface area contributed by atoms with Crippen molar-refractivity contribution in [2.45, 2.75) is 13.5 Å². The standard InChI is InChI=1S/C14H14ClN3O2/c1-9-16-13(15)12(7-19)14(17-9)18-11-5-3-4-10(6-11)8-20-2/h3-7H,8H2,1-2H3,(H,16,17,18). The molecule has 104 valence electrons. The molecule has 0 bridgehead atoms. The molecule has 6 heteroatoms. The zero-order chi connectivity index (χ0) is 14.5. The smallest absolute Gasteiger partial charge is 0.156 e. The van der Waals surface area contributed by atoms with Crippen molar-refractivity contribution in [1.29, 1.82) is 0 Å². The van der Waals surface area contributed by atoms with E-state index < -0.39 is 0 Å². The number of aromatic nitrogens is 2. The van der Waals surface area contributed by atoms with Gasteiger partial charge >= 0.3 is 0 Å². The van der Waals surface area contributed by atoms with Gasteiger partial charge in [-0.15, -0.1) is 0 Å². The molecule has 0 radical (unpaired) electrons. The van der Waals surface area contributed by atoms with Crippen molar-refractivity contribution >= 4 is 29.4 Å². The zero-order valence-corrected chi connectivity index (χ0v) is 11.9. The molecule has 1 aromatic heterocycles. The van der Waals surface area contributed by atoms with Crippen LogP contribution in [0, 0.1) is 6.92 Å². The minimum Gasteiger partial charge on any atom is -0.380 e. The first-order chi connectivity index (χ1) is 9.63. The fourth-order valence-corrected chi connectivity index (χ4v) is 2.05. The lowest BCUT2D eigenvalue weighted by molar-refractivity contribution is 0.112. The molecule has 0 aliphatic carbocycles. The fourth-order valence-electron chi connectivity index (χ4n) is 1.79. The third-order valence-corrected chi connectivity index (χ3v) is 2.92. The number of rotatable bonds is 5. The molecule has 0 spiro atoms. The molecule has 0 saturated carbocycles. The summed E-state index contributed by atoms with van der Waals surface area (Å²) in [6.07, 6.45) is 0.642. The number of halogens is 1. The largest absolute Gasteiger partial charge is 0.380 e. The molecule has 20 heavy (non-hydrogen) atoms. The third-order valence-electron chi connectivity index (χ3n) is 2.63. The summed E-state index contributed by atoms with van der Waals surface area (Å²) in [6.45, 7) is 2.23. The minimum absolute atomic E-state index is 0.142. The van der Waals surface area contributed by atoms with Crippen molar-refractivity contribution in [2.75, 3.05) is 12.4 Å². The highest BCUT2D eigenvalue weighted by atomic mass is 35.5. The number of carbonyl (C=O) groups excluding carboxylic acids is 1. The summed E-state index contributed by atoms with van der Waals surface area (Å²) in [4.78, 5) is 19.3. The summed E-state index contributed by atoms with van der Waals surface area (Å²) in [7, 11) is 1.64. The minimum atomic E-state index is 0.142. The molecule has 0 aliphatic heterocycles. The maximum absolute atomic E-state index is 11.1. The first kappa shape index (κ1) is 14.4. The Kier molecular flexibility index (Phi) is 4.65. The number of aryl methyl sites for hydroxylation is 1. The van der Waals surface area contributed by atoms with Gasteiger partial charge in [0.05, 0.1) is 12.2 Å². The summed E-state index contributed by atoms with van der Waals surface area (Å²) in [5.41, 5.74) is 2.06. The number of hydrogen-bond acceptors (Lipinski definition) is 5. The van der Waals surface area contributed by atoms with Crippen LogP contribution in [0.15, 0.2) is 24.3 Å². The molecular weight excluding hydrogens is 278 g/mol. The van der Waals surface area contributed by atoms with Crippen molar-refractivity contribution in [3.8, 4) is 0 Å². The van der Waals surface area contributed by atoms with Crippen LogP contribution in [0.3, 0.4) is 0 Å². The first-order valence-corrected chi connectivity index (χ1v) is 6.36. The predicted octanol–water partition coefficient (Wildman–Crippen LogP) is 3.14. The van der Waals surface area contributed by atoms with Crippen molar-refractivity contribution in [3.05, 3.63) is 46.4 Å². The quantitative estimate of drug-likeness (QED) is 0.677. The summed E-state index contributed by atoms with van der Waals surface area (Å²) >= 11 is 5.94. The molecule has 0 unspecified atom stereocenters. The molecule has 0 fully saturated rings. The Morgan fingerprint density at radius 3 is 2.90 bits per heavy atom. The summed E-state index contributed by atoms with van der Waals surface area (Å²) < 4.78 is 5.09. The fraction of sp³-hybridized carbons (Fsp3) is 0.214. The molecule has 0 saturated heterocycles. The van der Waals surface area contributed by atoms with E-state index in [0.717, 1.165) is 11.3 Å². The number of benzene rings is 1. The van der Waals surface area contributed by atoms with Crippen LogP contribution in [0.4, 0.5) is 11.5 Å². The molecule has 0 aliphatic rings. The van der Waals surface area contributed by atoms with E-state index in [1.54, 1.807) is 14.0 Å². The highest BCUT2D eigenvalue weighted by molar-refractivity contribution is 6.32. The van der Waals surface area contributed by atoms with Gasteiger partial charge in [-0.2, -0.15) is 0 Å². The number of hydrogen-bond donors (Lipinski definition) is 1. The summed E-state index contributed by atoms with van der Waals surface area (Å²) in [6, 6.07) is 7.64. The molecule has 0 atom stereocenters. The molecule has 0 amide bonds. The Labute approximate surface area is 122 Å². The van der Waals surface area contributed by atoms with Gasteiger partial charge in [-0.05, 0) is 24.6 Å². The number of ether oxygens (including phenoxy) is 1. The second-order valence-electron chi connectivity index (χ2n) is 4.20. The number of nitrogens with zero attached hydrogens (tertiary/aromatic N) is 2. The highest BCUT2D eigenvalue weighted by Crippen LogP contribution is 2.23. The van der Waals surface area contributed by atoms with Gasteiger partial charge in [-0.1, -0.05) is 23.7 Å². The van der Waals surface area contributed by atoms with Crippen LogP contribution in [0.1, 0.15) is 21.7 Å². The number of aldehydes is 1. The van der Waals surface area contributed by atoms with Gasteiger partial charge in [-0.25, -0.2) is 9.97 Å². The monoisotopic (exact) mass is 291 g/mol. The van der Waals surface area contributed by atoms with Crippen molar-refractivity contribution in [3.63, 3.8) is 0 Å². The van der Waals surface area contributed by atoms with Crippen molar-refractivity contribution in [2.24, 2.45) is 0 Å². The van der Waals surface area contributed by atoms with Crippen LogP contribution < -0.4 is 5.32 Å². The second kappa shape index (κ2) is 6.45. The molecular formula is C14H14ClN3O2. The van der Waals surface area contributed by atoms with Gasteiger partial charge in [0, 0.05) is 12.8 Å². The Bertz CT molecular complexity index is 632. The van der Waals surface area contributed by atoms with Crippen LogP contribution >= 0.6 is 11.6 Å². The van der Waals surface area contributed by atoms with Crippen LogP contribution in [0.2, 0.25) is 5.15 Å². The van der Waals surface area contributed by atoms with E-state index in [-0.39, 0.29) is 10.7 Å². The lowest BCUT2D eigenvalue weighted by atomic mass is 10.2. The van der Waals surface area contributed by atoms with E-state index >= 15 is 0 Å². The lowest BCUT2D eigenvalue weighted by Gasteiger charge is -2.10. The van der Waals surface area contributed by atoms with Crippen molar-refractivity contribution < 1.29 is 9.53 Å². The maximum atomic E-state index is 11.1. The molecule has 2 aromatic rings. The summed E-state index contributed by atoms with van der Waals surface area (Å²) in [5, 5.41) is 3.22. The first-order valence-electron chi connectivity index (χ1n) is 5.98. The van der Waals surface area contributed by atoms with Gasteiger partial charge in [0.1, 0.15) is 16.8 Å². The Morgan fingerprint density at radius 1 is 1.40 bits per heavy atom. The topological polar surface area (TPSA) is 64.1 Å². The molecule has 5 nitrogen and oxygen atoms in total. The van der Waals surface area contributed by atoms with Gasteiger partial charge in [0.2, 0.25) is 0 Å². The molecule has 1 N–H and O–H groups in total. The number of anilines is 2. The summed E-state index contributed by atoms with van der Waals surface area (Å²) in [5.74, 6) is 0.892. The second-order valence-corrected chi connectivity index (χ2v) is 4.56. The normalized spacial score (nSPS) is 10.3. The number of carbonyl (C=O) groups is 1. The Balaban J connectivity index is 2.34. The Hall–Kier alpha value is -1.98. The molecule has 2 rings (SSSR count). The maximum Gasteiger partial charge on any atom is 0.156 e. The average molecular weight is 292 g/mol. The van der Waals surface area contributed by atoms with Crippen molar-refractivity contribution in [1.82, 2.24) is 9.97 Å². The van der Waals surface area contributed by atoms with Gasteiger partial charge in [0.25, 0.3) is 0 Å².